The van der Waals surface area contributed by atoms with Gasteiger partial charge < -0.3 is 11.9 Å². The molecule has 0 spiro atoms. The van der Waals surface area contributed by atoms with Gasteiger partial charge in [0.15, 0.2) is 0 Å². The summed E-state index contributed by atoms with van der Waals surface area (Å²) in [5.74, 6) is 0. The third-order valence-corrected chi connectivity index (χ3v) is 0.289. The maximum atomic E-state index is 5.03. The lowest BCUT2D eigenvalue weighted by Crippen LogP contribution is -1.93. The van der Waals surface area contributed by atoms with Crippen molar-refractivity contribution in [2.24, 2.45) is 5.73 Å². The summed E-state index contributed by atoms with van der Waals surface area (Å²) in [5, 5.41) is 0. The Kier molecular flexibility index (Phi) is 16.1. The molecule has 0 unspecified atom stereocenters. The maximum absolute atomic E-state index is 5.03. The fourth-order valence-corrected chi connectivity index (χ4v) is 0. The summed E-state index contributed by atoms with van der Waals surface area (Å²) in [4.78, 5) is 0. The van der Waals surface area contributed by atoms with Gasteiger partial charge >= 0.3 is 0 Å². The fourth-order valence-electron chi connectivity index (χ4n) is 0. The van der Waals surface area contributed by atoms with Crippen LogP contribution in [0.1, 0.15) is 13.3 Å². The Labute approximate surface area is 32.9 Å². The van der Waals surface area contributed by atoms with Crippen LogP contribution in [0.15, 0.2) is 0 Å². The van der Waals surface area contributed by atoms with E-state index in [0.717, 1.165) is 13.0 Å². The van der Waals surface area contributed by atoms with Crippen LogP contribution >= 0.6 is 0 Å². The van der Waals surface area contributed by atoms with Gasteiger partial charge in [0.25, 0.3) is 0 Å². The van der Waals surface area contributed by atoms with Crippen LogP contribution in [0.2, 0.25) is 0 Å². The van der Waals surface area contributed by atoms with Gasteiger partial charge in [-0.05, 0) is 13.0 Å². The predicted octanol–water partition coefficient (Wildman–Crippen LogP) is 0.517. The molecule has 5 N–H and O–H groups in total. The molecule has 0 rings (SSSR count). The number of hydrogen-bond donors (Lipinski definition) is 2. The smallest absolute Gasteiger partial charge is 0.00799 e. The van der Waals surface area contributed by atoms with Gasteiger partial charge in [-0.25, -0.2) is 0 Å². The molecule has 0 radical (unpaired) electrons. The normalized spacial score (nSPS) is 6.00. The standard InChI is InChI=1S/C3H9N.H3N/c1-2-3-4;/h2-4H2,1H3;1H3. The molecule has 0 atom stereocenters. The van der Waals surface area contributed by atoms with E-state index in [9.17, 15) is 0 Å². The zero-order valence-corrected chi connectivity index (χ0v) is 3.70. The third kappa shape index (κ3) is 17.1. The van der Waals surface area contributed by atoms with Crippen molar-refractivity contribution in [2.75, 3.05) is 6.54 Å². The summed E-state index contributed by atoms with van der Waals surface area (Å²) in [6.07, 6.45) is 1.10. The zero-order valence-electron chi connectivity index (χ0n) is 3.70. The molecule has 0 saturated carbocycles. The minimum atomic E-state index is 0. The Morgan fingerprint density at radius 3 is 1.80 bits per heavy atom. The van der Waals surface area contributed by atoms with Crippen LogP contribution in [0.3, 0.4) is 0 Å². The Balaban J connectivity index is 0. The van der Waals surface area contributed by atoms with Crippen molar-refractivity contribution in [1.29, 1.82) is 0 Å². The lowest BCUT2D eigenvalue weighted by Gasteiger charge is -1.70. The van der Waals surface area contributed by atoms with Gasteiger partial charge in [-0.1, -0.05) is 6.92 Å². The quantitative estimate of drug-likeness (QED) is 0.478. The highest BCUT2D eigenvalue weighted by Crippen LogP contribution is 1.57. The molecule has 0 aromatic heterocycles. The van der Waals surface area contributed by atoms with Crippen LogP contribution in [0.25, 0.3) is 0 Å². The second kappa shape index (κ2) is 9.07. The largest absolute Gasteiger partial charge is 0.344 e. The van der Waals surface area contributed by atoms with Gasteiger partial charge in [0, 0.05) is 0 Å². The van der Waals surface area contributed by atoms with Crippen LogP contribution in [-0.2, 0) is 0 Å². The summed E-state index contributed by atoms with van der Waals surface area (Å²) in [7, 11) is 0. The van der Waals surface area contributed by atoms with Gasteiger partial charge in [-0.2, -0.15) is 0 Å². The van der Waals surface area contributed by atoms with Crippen LogP contribution in [-0.4, -0.2) is 6.54 Å². The maximum Gasteiger partial charge on any atom is -0.00799 e. The topological polar surface area (TPSA) is 61.0 Å². The molecule has 0 aliphatic heterocycles. The summed E-state index contributed by atoms with van der Waals surface area (Å²) < 4.78 is 0. The number of rotatable bonds is 1. The van der Waals surface area contributed by atoms with Gasteiger partial charge in [0.1, 0.15) is 0 Å². The predicted molar refractivity (Wildman–Crippen MR) is 24.4 cm³/mol. The Bertz CT molecular complexity index is 6.85. The molecule has 2 nitrogen and oxygen atoms in total. The monoisotopic (exact) mass is 76.1 g/mol. The lowest BCUT2D eigenvalue weighted by atomic mass is 10.5. The third-order valence-electron chi connectivity index (χ3n) is 0.289. The van der Waals surface area contributed by atoms with E-state index >= 15 is 0 Å². The molecule has 0 fully saturated rings. The number of hydrogen-bond acceptors (Lipinski definition) is 2. The number of nitrogens with two attached hydrogens (primary N) is 1. The average molecular weight is 76.1 g/mol. The molecule has 0 aromatic carbocycles. The second-order valence-corrected chi connectivity index (χ2v) is 0.789. The highest BCUT2D eigenvalue weighted by molar-refractivity contribution is 4.19. The summed E-state index contributed by atoms with van der Waals surface area (Å²) in [5.41, 5.74) is 5.03. The van der Waals surface area contributed by atoms with E-state index in [2.05, 4.69) is 6.92 Å². The fraction of sp³-hybridized carbons (Fsp3) is 1.00. The molecule has 5 heavy (non-hydrogen) atoms. The molecule has 0 aliphatic carbocycles. The van der Waals surface area contributed by atoms with Gasteiger partial charge in [-0.15, -0.1) is 0 Å². The van der Waals surface area contributed by atoms with Crippen molar-refractivity contribution in [3.05, 3.63) is 0 Å². The molecule has 2 heteroatoms. The molecule has 0 saturated heterocycles. The van der Waals surface area contributed by atoms with E-state index < -0.39 is 0 Å². The average Bonchev–Trinajstić information content (AvgIpc) is 1.37. The molecular weight excluding hydrogens is 64.0 g/mol. The molecular formula is C3H12N2. The van der Waals surface area contributed by atoms with E-state index in [1.165, 1.54) is 0 Å². The Morgan fingerprint density at radius 2 is 1.80 bits per heavy atom. The van der Waals surface area contributed by atoms with Crippen molar-refractivity contribution in [2.45, 2.75) is 13.3 Å². The summed E-state index contributed by atoms with van der Waals surface area (Å²) in [6, 6.07) is 0. The van der Waals surface area contributed by atoms with Crippen molar-refractivity contribution in [3.63, 3.8) is 0 Å². The first-order valence-corrected chi connectivity index (χ1v) is 1.62. The highest BCUT2D eigenvalue weighted by atomic mass is 14.5. The SMILES string of the molecule is CCCN.N. The first kappa shape index (κ1) is 8.87. The van der Waals surface area contributed by atoms with E-state index in [0.29, 0.717) is 0 Å². The van der Waals surface area contributed by atoms with E-state index in [4.69, 9.17) is 5.73 Å². The van der Waals surface area contributed by atoms with E-state index in [1.54, 1.807) is 0 Å². The molecule has 0 amide bonds. The molecule has 0 aromatic rings. The highest BCUT2D eigenvalue weighted by Gasteiger charge is 1.55. The van der Waals surface area contributed by atoms with E-state index in [-0.39, 0.29) is 6.15 Å². The van der Waals surface area contributed by atoms with Gasteiger partial charge in [0.2, 0.25) is 0 Å². The second-order valence-electron chi connectivity index (χ2n) is 0.789. The first-order valence-electron chi connectivity index (χ1n) is 1.62. The molecule has 0 heterocycles. The van der Waals surface area contributed by atoms with E-state index in [1.807, 2.05) is 0 Å². The van der Waals surface area contributed by atoms with Gasteiger partial charge in [0.05, 0.1) is 0 Å². The molecule has 34 valence electrons. The molecule has 0 bridgehead atoms. The lowest BCUT2D eigenvalue weighted by molar-refractivity contribution is 0.932. The Hall–Kier alpha value is -0.0800. The zero-order chi connectivity index (χ0) is 3.41. The van der Waals surface area contributed by atoms with Gasteiger partial charge in [-0.3, -0.25) is 0 Å². The summed E-state index contributed by atoms with van der Waals surface area (Å²) >= 11 is 0. The molecule has 0 aliphatic rings. The van der Waals surface area contributed by atoms with Crippen LogP contribution in [0.5, 0.6) is 0 Å². The van der Waals surface area contributed by atoms with Crippen molar-refractivity contribution < 1.29 is 0 Å². The van der Waals surface area contributed by atoms with Crippen molar-refractivity contribution in [3.8, 4) is 0 Å². The van der Waals surface area contributed by atoms with Crippen LogP contribution in [0.4, 0.5) is 0 Å². The van der Waals surface area contributed by atoms with Crippen molar-refractivity contribution in [1.82, 2.24) is 6.15 Å². The minimum absolute atomic E-state index is 0. The van der Waals surface area contributed by atoms with Crippen molar-refractivity contribution >= 4 is 0 Å². The van der Waals surface area contributed by atoms with Crippen LogP contribution < -0.4 is 11.9 Å². The minimum Gasteiger partial charge on any atom is -0.344 e. The first-order chi connectivity index (χ1) is 1.91. The Morgan fingerprint density at radius 1 is 1.60 bits per heavy atom. The van der Waals surface area contributed by atoms with Crippen LogP contribution in [0, 0.1) is 0 Å². The summed E-state index contributed by atoms with van der Waals surface area (Å²) in [6.45, 7) is 2.88.